The lowest BCUT2D eigenvalue weighted by Crippen LogP contribution is -2.36. The van der Waals surface area contributed by atoms with Gasteiger partial charge in [-0.1, -0.05) is 12.1 Å². The van der Waals surface area contributed by atoms with Gasteiger partial charge in [-0.3, -0.25) is 4.79 Å². The molecular weight excluding hydrogens is 448 g/mol. The van der Waals surface area contributed by atoms with Gasteiger partial charge in [-0.15, -0.1) is 0 Å². The van der Waals surface area contributed by atoms with E-state index in [2.05, 4.69) is 20.5 Å². The van der Waals surface area contributed by atoms with Gasteiger partial charge in [-0.25, -0.2) is 23.0 Å². The van der Waals surface area contributed by atoms with Gasteiger partial charge in [0.15, 0.2) is 11.3 Å². The summed E-state index contributed by atoms with van der Waals surface area (Å²) >= 11 is 0. The van der Waals surface area contributed by atoms with Crippen molar-refractivity contribution in [2.45, 2.75) is 13.0 Å². The lowest BCUT2D eigenvalue weighted by atomic mass is 10.2. The summed E-state index contributed by atoms with van der Waals surface area (Å²) in [6.45, 7) is 2.39. The molecule has 0 saturated carbocycles. The maximum absolute atomic E-state index is 13.7. The smallest absolute Gasteiger partial charge is 0.284 e. The number of nitrogens with zero attached hydrogens (tertiary/aromatic N) is 6. The molecule has 0 bridgehead atoms. The number of hydrogen-bond acceptors (Lipinski definition) is 7. The van der Waals surface area contributed by atoms with E-state index in [1.165, 1.54) is 21.6 Å². The van der Waals surface area contributed by atoms with Crippen molar-refractivity contribution in [3.8, 4) is 5.69 Å². The summed E-state index contributed by atoms with van der Waals surface area (Å²) in [6, 6.07) is 8.40. The normalized spacial score (nSPS) is 14.2. The summed E-state index contributed by atoms with van der Waals surface area (Å²) in [5.74, 6) is 0.0523. The van der Waals surface area contributed by atoms with Crippen LogP contribution in [0.4, 0.5) is 20.3 Å². The number of nitrogens with one attached hydrogen (secondary N) is 1. The number of rotatable bonds is 6. The van der Waals surface area contributed by atoms with Crippen LogP contribution in [0.1, 0.15) is 28.0 Å². The van der Waals surface area contributed by atoms with Gasteiger partial charge in [-0.2, -0.15) is 10.2 Å². The van der Waals surface area contributed by atoms with E-state index < -0.39 is 18.0 Å². The molecule has 0 spiro atoms. The second kappa shape index (κ2) is 9.15. The highest BCUT2D eigenvalue weighted by Gasteiger charge is 2.23. The fraction of sp³-hybridized carbons (Fsp3) is 0.273. The van der Waals surface area contributed by atoms with Crippen molar-refractivity contribution in [3.05, 3.63) is 65.7 Å². The van der Waals surface area contributed by atoms with Crippen LogP contribution in [0.2, 0.25) is 0 Å². The van der Waals surface area contributed by atoms with Crippen molar-refractivity contribution in [2.24, 2.45) is 0 Å². The minimum atomic E-state index is -2.90. The third-order valence-electron chi connectivity index (χ3n) is 5.52. The van der Waals surface area contributed by atoms with Gasteiger partial charge in [0.25, 0.3) is 12.3 Å². The molecule has 10 nitrogen and oxygen atoms in total. The van der Waals surface area contributed by atoms with Crippen LogP contribution >= 0.6 is 0 Å². The van der Waals surface area contributed by atoms with Crippen molar-refractivity contribution in [1.82, 2.24) is 24.4 Å². The molecule has 0 aliphatic carbocycles. The Bertz CT molecular complexity index is 1310. The van der Waals surface area contributed by atoms with E-state index in [1.54, 1.807) is 36.5 Å². The highest BCUT2D eigenvalue weighted by atomic mass is 19.3. The Morgan fingerprint density at radius 2 is 1.94 bits per heavy atom. The zero-order chi connectivity index (χ0) is 23.7. The first kappa shape index (κ1) is 21.9. The summed E-state index contributed by atoms with van der Waals surface area (Å²) in [7, 11) is 0. The number of carbonyl (C=O) groups excluding carboxylic acids is 1. The number of benzene rings is 1. The van der Waals surface area contributed by atoms with Crippen LogP contribution in [0.5, 0.6) is 0 Å². The summed E-state index contributed by atoms with van der Waals surface area (Å²) in [5, 5.41) is 19.8. The minimum Gasteiger partial charge on any atom is -0.392 e. The van der Waals surface area contributed by atoms with Gasteiger partial charge < -0.3 is 20.1 Å². The molecule has 0 atom stereocenters. The van der Waals surface area contributed by atoms with Crippen LogP contribution in [0, 0.1) is 0 Å². The van der Waals surface area contributed by atoms with Crippen molar-refractivity contribution < 1.29 is 23.4 Å². The van der Waals surface area contributed by atoms with Crippen molar-refractivity contribution in [1.29, 1.82) is 0 Å². The van der Waals surface area contributed by atoms with Crippen LogP contribution in [-0.4, -0.2) is 61.7 Å². The average Bonchev–Trinajstić information content (AvgIpc) is 3.49. The Balaban J connectivity index is 1.43. The number of alkyl halides is 2. The minimum absolute atomic E-state index is 0.116. The molecule has 2 N–H and O–H groups in total. The van der Waals surface area contributed by atoms with Gasteiger partial charge in [0.05, 0.1) is 43.6 Å². The number of aliphatic hydroxyl groups is 1. The molecule has 3 aromatic heterocycles. The molecule has 12 heteroatoms. The molecular formula is C22H21F2N7O3. The lowest BCUT2D eigenvalue weighted by molar-refractivity contribution is 0.102. The summed E-state index contributed by atoms with van der Waals surface area (Å²) < 4.78 is 35.4. The molecule has 34 heavy (non-hydrogen) atoms. The van der Waals surface area contributed by atoms with Gasteiger partial charge in [-0.05, 0) is 23.8 Å². The average molecular weight is 469 g/mol. The molecule has 4 heterocycles. The number of ether oxygens (including phenoxy) is 1. The van der Waals surface area contributed by atoms with Gasteiger partial charge in [0.2, 0.25) is 0 Å². The quantitative estimate of drug-likeness (QED) is 0.446. The molecule has 1 aliphatic rings. The molecule has 1 aliphatic heterocycles. The first-order chi connectivity index (χ1) is 16.5. The molecule has 0 radical (unpaired) electrons. The number of halogens is 2. The number of anilines is 2. The van der Waals surface area contributed by atoms with E-state index in [0.717, 1.165) is 0 Å². The van der Waals surface area contributed by atoms with Crippen LogP contribution in [-0.2, 0) is 11.3 Å². The van der Waals surface area contributed by atoms with Gasteiger partial charge in [0, 0.05) is 19.3 Å². The van der Waals surface area contributed by atoms with E-state index in [9.17, 15) is 18.7 Å². The van der Waals surface area contributed by atoms with Crippen molar-refractivity contribution >= 4 is 23.1 Å². The maximum Gasteiger partial charge on any atom is 0.284 e. The third-order valence-corrected chi connectivity index (χ3v) is 5.52. The number of amides is 1. The fourth-order valence-electron chi connectivity index (χ4n) is 3.71. The second-order valence-corrected chi connectivity index (χ2v) is 7.66. The van der Waals surface area contributed by atoms with Gasteiger partial charge >= 0.3 is 0 Å². The first-order valence-corrected chi connectivity index (χ1v) is 10.6. The number of aromatic nitrogens is 5. The Morgan fingerprint density at radius 1 is 1.18 bits per heavy atom. The summed E-state index contributed by atoms with van der Waals surface area (Å²) in [5.41, 5.74) is 0.971. The molecule has 4 aromatic rings. The Hall–Kier alpha value is -3.90. The largest absolute Gasteiger partial charge is 0.392 e. The zero-order valence-corrected chi connectivity index (χ0v) is 17.9. The van der Waals surface area contributed by atoms with Crippen molar-refractivity contribution in [2.75, 3.05) is 36.5 Å². The molecule has 176 valence electrons. The number of aliphatic hydroxyl groups excluding tert-OH is 1. The highest BCUT2D eigenvalue weighted by Crippen LogP contribution is 2.28. The van der Waals surface area contributed by atoms with Crippen molar-refractivity contribution in [3.63, 3.8) is 0 Å². The summed E-state index contributed by atoms with van der Waals surface area (Å²) in [6.07, 6.45) is 1.47. The number of hydrogen-bond donors (Lipinski definition) is 2. The highest BCUT2D eigenvalue weighted by molar-refractivity contribution is 6.08. The molecule has 0 unspecified atom stereocenters. The Kier molecular flexibility index (Phi) is 5.90. The second-order valence-electron chi connectivity index (χ2n) is 7.66. The van der Waals surface area contributed by atoms with E-state index in [4.69, 9.17) is 4.74 Å². The van der Waals surface area contributed by atoms with Crippen LogP contribution in [0.3, 0.4) is 0 Å². The molecule has 1 fully saturated rings. The fourth-order valence-corrected chi connectivity index (χ4v) is 3.71. The lowest BCUT2D eigenvalue weighted by Gasteiger charge is -2.27. The van der Waals surface area contributed by atoms with E-state index in [1.807, 2.05) is 4.90 Å². The predicted molar refractivity (Wildman–Crippen MR) is 118 cm³/mol. The predicted octanol–water partition coefficient (Wildman–Crippen LogP) is 2.43. The van der Waals surface area contributed by atoms with Crippen LogP contribution < -0.4 is 10.2 Å². The SMILES string of the molecule is O=C(Nc1cn(-c2ccc(CO)cc2)nc1C(F)F)c1cnn2ccc(N3CCOCC3)nc12. The molecule has 1 aromatic carbocycles. The van der Waals surface area contributed by atoms with Crippen LogP contribution in [0.25, 0.3) is 11.3 Å². The maximum atomic E-state index is 13.7. The standard InChI is InChI=1S/C22H21F2N7O3/c23-20(24)19-17(12-31(28-19)15-3-1-14(13-32)2-4-15)26-22(33)16-11-25-30-6-5-18(27-21(16)30)29-7-9-34-10-8-29/h1-6,11-12,20,32H,7-10,13H2,(H,26,33). The molecule has 1 amide bonds. The van der Waals surface area contributed by atoms with Gasteiger partial charge in [0.1, 0.15) is 11.4 Å². The molecule has 5 rings (SSSR count). The van der Waals surface area contributed by atoms with Crippen LogP contribution in [0.15, 0.2) is 48.9 Å². The monoisotopic (exact) mass is 469 g/mol. The van der Waals surface area contributed by atoms with E-state index in [0.29, 0.717) is 49.0 Å². The third kappa shape index (κ3) is 4.20. The number of carbonyl (C=O) groups is 1. The summed E-state index contributed by atoms with van der Waals surface area (Å²) in [4.78, 5) is 19.6. The van der Waals surface area contributed by atoms with E-state index in [-0.39, 0.29) is 17.9 Å². The number of fused-ring (bicyclic) bond motifs is 1. The first-order valence-electron chi connectivity index (χ1n) is 10.6. The number of morpholine rings is 1. The Morgan fingerprint density at radius 3 is 2.65 bits per heavy atom. The topological polar surface area (TPSA) is 110 Å². The zero-order valence-electron chi connectivity index (χ0n) is 17.9. The molecule has 1 saturated heterocycles. The van der Waals surface area contributed by atoms with E-state index >= 15 is 0 Å². The Labute approximate surface area is 192 Å².